The molecule has 0 radical (unpaired) electrons. The maximum Gasteiger partial charge on any atom is 0.123 e. The lowest BCUT2D eigenvalue weighted by Crippen LogP contribution is -2.36. The quantitative estimate of drug-likeness (QED) is 0.397. The highest BCUT2D eigenvalue weighted by molar-refractivity contribution is 5.54. The third kappa shape index (κ3) is 5.79. The first-order valence-electron chi connectivity index (χ1n) is 12.8. The number of halogens is 1. The van der Waals surface area contributed by atoms with E-state index in [0.717, 1.165) is 49.7 Å². The van der Waals surface area contributed by atoms with Crippen molar-refractivity contribution in [2.45, 2.75) is 38.1 Å². The Hall–Kier alpha value is -3.05. The van der Waals surface area contributed by atoms with Gasteiger partial charge in [0.25, 0.3) is 0 Å². The Balaban J connectivity index is 1.30. The molecule has 5 heteroatoms. The number of piperidine rings is 1. The molecule has 184 valence electrons. The minimum atomic E-state index is -0.205. The third-order valence-corrected chi connectivity index (χ3v) is 7.34. The van der Waals surface area contributed by atoms with Crippen molar-refractivity contribution < 1.29 is 13.9 Å². The fourth-order valence-electron chi connectivity index (χ4n) is 5.40. The van der Waals surface area contributed by atoms with Gasteiger partial charge in [-0.25, -0.2) is 4.39 Å². The first-order valence-corrected chi connectivity index (χ1v) is 12.8. The van der Waals surface area contributed by atoms with E-state index in [0.29, 0.717) is 0 Å². The lowest BCUT2D eigenvalue weighted by Gasteiger charge is -2.39. The second-order valence-corrected chi connectivity index (χ2v) is 9.60. The number of ether oxygens (including phenoxy) is 2. The summed E-state index contributed by atoms with van der Waals surface area (Å²) in [7, 11) is 1.71. The predicted molar refractivity (Wildman–Crippen MR) is 139 cm³/mol. The van der Waals surface area contributed by atoms with Gasteiger partial charge in [-0.15, -0.1) is 0 Å². The molecule has 2 aliphatic heterocycles. The molecule has 3 aromatic carbocycles. The summed E-state index contributed by atoms with van der Waals surface area (Å²) < 4.78 is 25.1. The average Bonchev–Trinajstić information content (AvgIpc) is 2.91. The summed E-state index contributed by atoms with van der Waals surface area (Å²) in [4.78, 5) is 4.90. The minimum absolute atomic E-state index is 0.168. The number of hydrogen-bond donors (Lipinski definition) is 0. The maximum absolute atomic E-state index is 13.6. The zero-order valence-electron chi connectivity index (χ0n) is 20.6. The number of anilines is 1. The van der Waals surface area contributed by atoms with E-state index in [9.17, 15) is 4.39 Å². The molecule has 0 spiro atoms. The van der Waals surface area contributed by atoms with E-state index < -0.39 is 0 Å². The number of methoxy groups -OCH3 is 1. The van der Waals surface area contributed by atoms with Crippen LogP contribution in [0, 0.1) is 5.82 Å². The molecule has 0 aromatic heterocycles. The number of likely N-dealkylation sites (tertiary alicyclic amines) is 1. The first kappa shape index (κ1) is 23.7. The van der Waals surface area contributed by atoms with Gasteiger partial charge in [0.15, 0.2) is 0 Å². The summed E-state index contributed by atoms with van der Waals surface area (Å²) in [6, 6.07) is 21.9. The van der Waals surface area contributed by atoms with Crippen LogP contribution in [0.5, 0.6) is 11.5 Å². The van der Waals surface area contributed by atoms with Crippen molar-refractivity contribution >= 4 is 5.69 Å². The standard InChI is InChI=1S/C30H35FN2O2/c1-34-28-13-14-29-24(22-28)15-18-33(26-9-7-25(31)8-10-26)30(29)21-23-5-11-27(12-6-23)35-20-19-32-16-3-2-4-17-32/h5-14,22,30H,2-4,15-21H2,1H3. The van der Waals surface area contributed by atoms with Gasteiger partial charge in [-0.2, -0.15) is 0 Å². The lowest BCUT2D eigenvalue weighted by molar-refractivity contribution is 0.183. The van der Waals surface area contributed by atoms with Gasteiger partial charge < -0.3 is 14.4 Å². The molecular formula is C30H35FN2O2. The van der Waals surface area contributed by atoms with E-state index in [1.54, 1.807) is 19.2 Å². The molecular weight excluding hydrogens is 439 g/mol. The van der Waals surface area contributed by atoms with Crippen molar-refractivity contribution in [1.29, 1.82) is 0 Å². The number of fused-ring (bicyclic) bond motifs is 1. The molecule has 0 N–H and O–H groups in total. The topological polar surface area (TPSA) is 24.9 Å². The van der Waals surface area contributed by atoms with Crippen LogP contribution in [-0.2, 0) is 12.8 Å². The Morgan fingerprint density at radius 2 is 1.60 bits per heavy atom. The Morgan fingerprint density at radius 1 is 0.857 bits per heavy atom. The van der Waals surface area contributed by atoms with Crippen LogP contribution < -0.4 is 14.4 Å². The molecule has 35 heavy (non-hydrogen) atoms. The molecule has 0 amide bonds. The molecule has 2 aliphatic rings. The second kappa shape index (κ2) is 11.1. The van der Waals surface area contributed by atoms with Gasteiger partial charge in [-0.3, -0.25) is 4.90 Å². The highest BCUT2D eigenvalue weighted by Gasteiger charge is 2.28. The van der Waals surface area contributed by atoms with Gasteiger partial charge in [0.05, 0.1) is 13.2 Å². The van der Waals surface area contributed by atoms with Gasteiger partial charge in [-0.1, -0.05) is 24.6 Å². The largest absolute Gasteiger partial charge is 0.497 e. The lowest BCUT2D eigenvalue weighted by atomic mass is 9.88. The second-order valence-electron chi connectivity index (χ2n) is 9.60. The van der Waals surface area contributed by atoms with Gasteiger partial charge in [0.1, 0.15) is 23.9 Å². The van der Waals surface area contributed by atoms with E-state index in [1.807, 2.05) is 18.2 Å². The molecule has 1 fully saturated rings. The fraction of sp³-hybridized carbons (Fsp3) is 0.400. The first-order chi connectivity index (χ1) is 17.2. The fourth-order valence-corrected chi connectivity index (χ4v) is 5.40. The van der Waals surface area contributed by atoms with Gasteiger partial charge in [0, 0.05) is 18.8 Å². The summed E-state index contributed by atoms with van der Waals surface area (Å²) in [5, 5.41) is 0. The number of benzene rings is 3. The van der Waals surface area contributed by atoms with Crippen molar-refractivity contribution in [1.82, 2.24) is 4.90 Å². The van der Waals surface area contributed by atoms with Crippen LogP contribution in [0.3, 0.4) is 0 Å². The summed E-state index contributed by atoms with van der Waals surface area (Å²) in [6.07, 6.45) is 5.77. The van der Waals surface area contributed by atoms with Gasteiger partial charge in [-0.05, 0) is 104 Å². The Morgan fingerprint density at radius 3 is 2.34 bits per heavy atom. The number of rotatable bonds is 8. The van der Waals surface area contributed by atoms with E-state index in [1.165, 1.54) is 49.0 Å². The van der Waals surface area contributed by atoms with Crippen LogP contribution in [0.1, 0.15) is 42.0 Å². The normalized spacial score (nSPS) is 18.2. The zero-order chi connectivity index (χ0) is 24.0. The van der Waals surface area contributed by atoms with Crippen molar-refractivity contribution in [2.24, 2.45) is 0 Å². The monoisotopic (exact) mass is 474 g/mol. The molecule has 3 aromatic rings. The Labute approximate surface area is 208 Å². The van der Waals surface area contributed by atoms with E-state index in [-0.39, 0.29) is 11.9 Å². The molecule has 4 nitrogen and oxygen atoms in total. The molecule has 2 heterocycles. The van der Waals surface area contributed by atoms with Crippen LogP contribution in [-0.4, -0.2) is 44.8 Å². The smallest absolute Gasteiger partial charge is 0.123 e. The maximum atomic E-state index is 13.6. The summed E-state index contributed by atoms with van der Waals surface area (Å²) in [5.41, 5.74) is 4.94. The predicted octanol–water partition coefficient (Wildman–Crippen LogP) is 6.05. The van der Waals surface area contributed by atoms with E-state index in [2.05, 4.69) is 46.2 Å². The summed E-state index contributed by atoms with van der Waals surface area (Å²) in [5.74, 6) is 1.61. The summed E-state index contributed by atoms with van der Waals surface area (Å²) in [6.45, 7) is 5.00. The van der Waals surface area contributed by atoms with Gasteiger partial charge >= 0.3 is 0 Å². The Kier molecular flexibility index (Phi) is 7.53. The highest BCUT2D eigenvalue weighted by Crippen LogP contribution is 2.37. The zero-order valence-corrected chi connectivity index (χ0v) is 20.6. The molecule has 0 aliphatic carbocycles. The van der Waals surface area contributed by atoms with Crippen molar-refractivity contribution in [2.75, 3.05) is 44.8 Å². The van der Waals surface area contributed by atoms with Crippen molar-refractivity contribution in [3.8, 4) is 11.5 Å². The van der Waals surface area contributed by atoms with Crippen LogP contribution in [0.4, 0.5) is 10.1 Å². The number of nitrogens with zero attached hydrogens (tertiary/aromatic N) is 2. The average molecular weight is 475 g/mol. The molecule has 5 rings (SSSR count). The molecule has 0 bridgehead atoms. The van der Waals surface area contributed by atoms with Crippen LogP contribution in [0.2, 0.25) is 0 Å². The minimum Gasteiger partial charge on any atom is -0.497 e. The third-order valence-electron chi connectivity index (χ3n) is 7.34. The van der Waals surface area contributed by atoms with E-state index >= 15 is 0 Å². The molecule has 1 atom stereocenters. The van der Waals surface area contributed by atoms with Crippen LogP contribution in [0.25, 0.3) is 0 Å². The SMILES string of the molecule is COc1ccc2c(c1)CCN(c1ccc(F)cc1)C2Cc1ccc(OCCN2CCCCC2)cc1. The molecule has 0 saturated carbocycles. The number of hydrogen-bond acceptors (Lipinski definition) is 4. The van der Waals surface area contributed by atoms with E-state index in [4.69, 9.17) is 9.47 Å². The van der Waals surface area contributed by atoms with Crippen LogP contribution in [0.15, 0.2) is 66.7 Å². The van der Waals surface area contributed by atoms with Crippen LogP contribution >= 0.6 is 0 Å². The van der Waals surface area contributed by atoms with Crippen molar-refractivity contribution in [3.05, 3.63) is 89.2 Å². The van der Waals surface area contributed by atoms with Gasteiger partial charge in [0.2, 0.25) is 0 Å². The Bertz CT molecular complexity index is 1090. The van der Waals surface area contributed by atoms with Crippen molar-refractivity contribution in [3.63, 3.8) is 0 Å². The molecule has 1 saturated heterocycles. The highest BCUT2D eigenvalue weighted by atomic mass is 19.1. The summed E-state index contributed by atoms with van der Waals surface area (Å²) >= 11 is 0. The molecule has 1 unspecified atom stereocenters.